The normalized spacial score (nSPS) is 12.1. The summed E-state index contributed by atoms with van der Waals surface area (Å²) in [7, 11) is 0. The van der Waals surface area contributed by atoms with Crippen molar-refractivity contribution in [1.29, 1.82) is 0 Å². The molecule has 9 rings (SSSR count). The second-order valence-electron chi connectivity index (χ2n) is 13.7. The number of hydrogen-bond acceptors (Lipinski definition) is 6. The van der Waals surface area contributed by atoms with E-state index in [4.69, 9.17) is 15.7 Å². The fraction of sp³-hybridized carbons (Fsp3) is 0.0638. The Hall–Kier alpha value is -6.84. The van der Waals surface area contributed by atoms with Crippen LogP contribution in [0.4, 0.5) is 5.69 Å². The summed E-state index contributed by atoms with van der Waals surface area (Å²) in [5, 5.41) is 29.5. The lowest BCUT2D eigenvalue weighted by Gasteiger charge is -2.09. The number of nitrogen functional groups attached to an aromatic ring is 1. The first-order valence-corrected chi connectivity index (χ1v) is 18.1. The fourth-order valence-electron chi connectivity index (χ4n) is 7.46. The number of aromatic nitrogens is 4. The number of anilines is 1. The standard InChI is InChI=1S/C47H37N5O3/c48-35-4-2-1-3-34(35)47-42-23-21-40(51-42)45(32-13-7-29(26-54)8-14-32)38-19-17-36(49-38)44(31-11-5-28(25-53)6-12-31)37-18-20-39(50-37)46(41-22-24-43(47)52-41)33-15-9-30(27-55)10-16-33/h1-24,49,52-55H,25-27,48H2. The van der Waals surface area contributed by atoms with Crippen LogP contribution in [0, 0.1) is 0 Å². The van der Waals surface area contributed by atoms with Gasteiger partial charge in [0.25, 0.3) is 0 Å². The summed E-state index contributed by atoms with van der Waals surface area (Å²) in [4.78, 5) is 18.1. The smallest absolute Gasteiger partial charge is 0.0738 e. The SMILES string of the molecule is Nc1ccccc1-c1c2nc(c(-c3ccc(CO)cc3)c3ccc([nH]3)c(-c3ccc(CO)cc3)c3nc(c(-c4ccc(CO)cc4)c4ccc1[nH]4)C=C3)C=C2. The molecular weight excluding hydrogens is 683 g/mol. The molecule has 55 heavy (non-hydrogen) atoms. The van der Waals surface area contributed by atoms with Gasteiger partial charge < -0.3 is 31.0 Å². The van der Waals surface area contributed by atoms with Crippen LogP contribution in [0.1, 0.15) is 39.5 Å². The third-order valence-electron chi connectivity index (χ3n) is 10.3. The highest BCUT2D eigenvalue weighted by molar-refractivity contribution is 6.00. The maximum absolute atomic E-state index is 9.84. The van der Waals surface area contributed by atoms with E-state index >= 15 is 0 Å². The minimum absolute atomic E-state index is 0.0505. The summed E-state index contributed by atoms with van der Waals surface area (Å²) in [6.45, 7) is -0.152. The van der Waals surface area contributed by atoms with Gasteiger partial charge in [-0.1, -0.05) is 91.0 Å². The zero-order valence-electron chi connectivity index (χ0n) is 29.8. The molecule has 0 fully saturated rings. The molecule has 0 radical (unpaired) electrons. The number of H-pyrrole nitrogens is 2. The van der Waals surface area contributed by atoms with E-state index in [-0.39, 0.29) is 19.8 Å². The highest BCUT2D eigenvalue weighted by Crippen LogP contribution is 2.39. The molecule has 0 atom stereocenters. The molecular formula is C47H37N5O3. The molecule has 8 bridgehead atoms. The number of nitrogens with zero attached hydrogens (tertiary/aromatic N) is 2. The van der Waals surface area contributed by atoms with E-state index < -0.39 is 0 Å². The number of hydrogen-bond donors (Lipinski definition) is 6. The molecule has 5 heterocycles. The van der Waals surface area contributed by atoms with E-state index in [2.05, 4.69) is 34.2 Å². The number of nitrogens with two attached hydrogens (primary N) is 1. The molecule has 0 unspecified atom stereocenters. The summed E-state index contributed by atoms with van der Waals surface area (Å²) < 4.78 is 0. The second kappa shape index (κ2) is 14.2. The molecule has 0 spiro atoms. The van der Waals surface area contributed by atoms with E-state index in [0.717, 1.165) is 106 Å². The summed E-state index contributed by atoms with van der Waals surface area (Å²) in [5.74, 6) is 0. The lowest BCUT2D eigenvalue weighted by atomic mass is 10.0. The van der Waals surface area contributed by atoms with Crippen LogP contribution in [0.3, 0.4) is 0 Å². The largest absolute Gasteiger partial charge is 0.398 e. The van der Waals surface area contributed by atoms with Crippen LogP contribution >= 0.6 is 0 Å². The van der Waals surface area contributed by atoms with Gasteiger partial charge >= 0.3 is 0 Å². The number of aliphatic hydroxyl groups is 3. The molecule has 268 valence electrons. The van der Waals surface area contributed by atoms with Crippen molar-refractivity contribution >= 4 is 52.1 Å². The van der Waals surface area contributed by atoms with Crippen molar-refractivity contribution < 1.29 is 15.3 Å². The van der Waals surface area contributed by atoms with Gasteiger partial charge in [0.1, 0.15) is 0 Å². The Balaban J connectivity index is 1.45. The third-order valence-corrected chi connectivity index (χ3v) is 10.3. The number of aromatic amines is 2. The molecule has 8 heteroatoms. The monoisotopic (exact) mass is 719 g/mol. The van der Waals surface area contributed by atoms with Crippen molar-refractivity contribution in [3.63, 3.8) is 0 Å². The van der Waals surface area contributed by atoms with Crippen molar-refractivity contribution in [1.82, 2.24) is 19.9 Å². The number of para-hydroxylation sites is 1. The van der Waals surface area contributed by atoms with E-state index in [1.807, 2.05) is 121 Å². The fourth-order valence-corrected chi connectivity index (χ4v) is 7.46. The van der Waals surface area contributed by atoms with Gasteiger partial charge in [-0.15, -0.1) is 0 Å². The highest BCUT2D eigenvalue weighted by atomic mass is 16.3. The predicted octanol–water partition coefficient (Wildman–Crippen LogP) is 9.38. The highest BCUT2D eigenvalue weighted by Gasteiger charge is 2.19. The Bertz CT molecular complexity index is 2770. The zero-order chi connectivity index (χ0) is 37.5. The molecule has 3 aromatic heterocycles. The molecule has 7 N–H and O–H groups in total. The number of aliphatic hydroxyl groups excluding tert-OH is 3. The zero-order valence-corrected chi connectivity index (χ0v) is 29.8. The van der Waals surface area contributed by atoms with Crippen molar-refractivity contribution in [2.24, 2.45) is 0 Å². The minimum atomic E-state index is -0.0510. The molecule has 0 saturated carbocycles. The molecule has 2 aliphatic heterocycles. The van der Waals surface area contributed by atoms with Crippen LogP contribution in [0.15, 0.2) is 121 Å². The molecule has 0 saturated heterocycles. The molecule has 2 aliphatic rings. The van der Waals surface area contributed by atoms with Gasteiger partial charge in [0.05, 0.1) is 42.6 Å². The number of benzene rings is 4. The van der Waals surface area contributed by atoms with Gasteiger partial charge in [-0.25, -0.2) is 9.97 Å². The van der Waals surface area contributed by atoms with E-state index in [9.17, 15) is 15.3 Å². The van der Waals surface area contributed by atoms with Gasteiger partial charge in [0, 0.05) is 55.6 Å². The van der Waals surface area contributed by atoms with Gasteiger partial charge in [0.15, 0.2) is 0 Å². The molecule has 8 nitrogen and oxygen atoms in total. The Morgan fingerprint density at radius 3 is 1.07 bits per heavy atom. The molecule has 4 aromatic carbocycles. The number of rotatable bonds is 7. The van der Waals surface area contributed by atoms with Gasteiger partial charge in [-0.05, 0) is 88.0 Å². The Morgan fingerprint density at radius 2 is 0.727 bits per heavy atom. The van der Waals surface area contributed by atoms with Crippen LogP contribution < -0.4 is 5.73 Å². The van der Waals surface area contributed by atoms with Gasteiger partial charge in [0.2, 0.25) is 0 Å². The maximum atomic E-state index is 9.84. The number of nitrogens with one attached hydrogen (secondary N) is 2. The first-order chi connectivity index (χ1) is 27.0. The van der Waals surface area contributed by atoms with Crippen LogP contribution in [0.25, 0.3) is 90.9 Å². The van der Waals surface area contributed by atoms with Crippen molar-refractivity contribution in [2.75, 3.05) is 5.73 Å². The Kier molecular flexibility index (Phi) is 8.76. The summed E-state index contributed by atoms with van der Waals surface area (Å²) in [5.41, 5.74) is 23.5. The van der Waals surface area contributed by atoms with Gasteiger partial charge in [-0.2, -0.15) is 0 Å². The Labute approximate surface area is 317 Å². The predicted molar refractivity (Wildman–Crippen MR) is 223 cm³/mol. The van der Waals surface area contributed by atoms with Crippen molar-refractivity contribution in [3.8, 4) is 44.5 Å². The summed E-state index contributed by atoms with van der Waals surface area (Å²) in [6, 6.07) is 39.7. The van der Waals surface area contributed by atoms with Gasteiger partial charge in [-0.3, -0.25) is 0 Å². The van der Waals surface area contributed by atoms with Crippen LogP contribution in [-0.4, -0.2) is 35.3 Å². The first-order valence-electron chi connectivity index (χ1n) is 18.1. The second-order valence-corrected chi connectivity index (χ2v) is 13.7. The summed E-state index contributed by atoms with van der Waals surface area (Å²) in [6.07, 6.45) is 8.15. The quantitative estimate of drug-likeness (QED) is 0.0906. The van der Waals surface area contributed by atoms with Crippen LogP contribution in [-0.2, 0) is 19.8 Å². The van der Waals surface area contributed by atoms with Crippen molar-refractivity contribution in [2.45, 2.75) is 19.8 Å². The first kappa shape index (κ1) is 34.0. The molecule has 7 aromatic rings. The van der Waals surface area contributed by atoms with Crippen LogP contribution in [0.5, 0.6) is 0 Å². The average molecular weight is 720 g/mol. The third kappa shape index (κ3) is 6.24. The van der Waals surface area contributed by atoms with Crippen molar-refractivity contribution in [3.05, 3.63) is 161 Å². The Morgan fingerprint density at radius 1 is 0.400 bits per heavy atom. The van der Waals surface area contributed by atoms with E-state index in [1.165, 1.54) is 0 Å². The minimum Gasteiger partial charge on any atom is -0.398 e. The molecule has 0 aliphatic carbocycles. The van der Waals surface area contributed by atoms with Crippen LogP contribution in [0.2, 0.25) is 0 Å². The number of fused-ring (bicyclic) bond motifs is 8. The van der Waals surface area contributed by atoms with E-state index in [1.54, 1.807) is 0 Å². The van der Waals surface area contributed by atoms with E-state index in [0.29, 0.717) is 5.69 Å². The molecule has 0 amide bonds. The average Bonchev–Trinajstić information content (AvgIpc) is 4.07. The topological polar surface area (TPSA) is 144 Å². The summed E-state index contributed by atoms with van der Waals surface area (Å²) >= 11 is 0. The lowest BCUT2D eigenvalue weighted by molar-refractivity contribution is 0.281. The lowest BCUT2D eigenvalue weighted by Crippen LogP contribution is -1.93. The maximum Gasteiger partial charge on any atom is 0.0738 e.